The van der Waals surface area contributed by atoms with Gasteiger partial charge in [-0.15, -0.1) is 0 Å². The Balaban J connectivity index is 2.07. The summed E-state index contributed by atoms with van der Waals surface area (Å²) in [5, 5.41) is 4.13. The topological polar surface area (TPSA) is 37.4 Å². The lowest BCUT2D eigenvalue weighted by atomic mass is 9.96. The van der Waals surface area contributed by atoms with Crippen LogP contribution in [0.3, 0.4) is 0 Å². The Morgan fingerprint density at radius 2 is 2.33 bits per heavy atom. The van der Waals surface area contributed by atoms with Crippen LogP contribution in [0.1, 0.15) is 32.3 Å². The fourth-order valence-electron chi connectivity index (χ4n) is 2.72. The van der Waals surface area contributed by atoms with Crippen molar-refractivity contribution in [1.82, 2.24) is 10.3 Å². The minimum absolute atomic E-state index is 0.276. The monoisotopic (exact) mass is 311 g/mol. The Kier molecular flexibility index (Phi) is 6.27. The number of halogens is 1. The molecule has 1 aromatic heterocycles. The third-order valence-corrected chi connectivity index (χ3v) is 4.52. The zero-order chi connectivity index (χ0) is 15.2. The Hall–Kier alpha value is -0.840. The average Bonchev–Trinajstić information content (AvgIpc) is 2.50. The summed E-state index contributed by atoms with van der Waals surface area (Å²) in [6.45, 7) is 8.12. The summed E-state index contributed by atoms with van der Waals surface area (Å²) in [5.74, 6) is 1.60. The van der Waals surface area contributed by atoms with E-state index in [1.165, 1.54) is 0 Å². The van der Waals surface area contributed by atoms with Crippen LogP contribution in [0.2, 0.25) is 5.02 Å². The minimum atomic E-state index is 0.276. The predicted octanol–water partition coefficient (Wildman–Crippen LogP) is 3.10. The molecular formula is C16H26ClN3O. The molecule has 1 aliphatic heterocycles. The highest BCUT2D eigenvalue weighted by molar-refractivity contribution is 6.31. The normalized spacial score (nSPS) is 22.6. The van der Waals surface area contributed by atoms with Gasteiger partial charge in [0, 0.05) is 32.9 Å². The van der Waals surface area contributed by atoms with Crippen molar-refractivity contribution in [3.63, 3.8) is 0 Å². The fraction of sp³-hybridized carbons (Fsp3) is 0.688. The molecule has 2 atom stereocenters. The van der Waals surface area contributed by atoms with Crippen molar-refractivity contribution in [2.45, 2.75) is 39.3 Å². The first-order valence-corrected chi connectivity index (χ1v) is 8.16. The van der Waals surface area contributed by atoms with E-state index in [1.54, 1.807) is 13.3 Å². The van der Waals surface area contributed by atoms with E-state index < -0.39 is 0 Å². The molecule has 2 unspecified atom stereocenters. The molecule has 118 valence electrons. The number of nitrogens with zero attached hydrogens (tertiary/aromatic N) is 2. The number of aromatic nitrogens is 1. The maximum absolute atomic E-state index is 6.25. The molecule has 21 heavy (non-hydrogen) atoms. The molecule has 1 aliphatic rings. The van der Waals surface area contributed by atoms with Crippen molar-refractivity contribution in [3.8, 4) is 0 Å². The molecular weight excluding hydrogens is 286 g/mol. The number of hydrogen-bond donors (Lipinski definition) is 1. The molecule has 0 spiro atoms. The van der Waals surface area contributed by atoms with Crippen molar-refractivity contribution in [1.29, 1.82) is 0 Å². The third-order valence-electron chi connectivity index (χ3n) is 4.18. The van der Waals surface area contributed by atoms with Crippen molar-refractivity contribution in [2.24, 2.45) is 5.92 Å². The highest BCUT2D eigenvalue weighted by Gasteiger charge is 2.26. The smallest absolute Gasteiger partial charge is 0.128 e. The van der Waals surface area contributed by atoms with Crippen molar-refractivity contribution in [3.05, 3.63) is 22.8 Å². The molecule has 0 saturated carbocycles. The number of piperidine rings is 1. The van der Waals surface area contributed by atoms with Crippen LogP contribution in [0.4, 0.5) is 5.82 Å². The molecule has 0 aromatic carbocycles. The van der Waals surface area contributed by atoms with Crippen LogP contribution in [0.15, 0.2) is 12.3 Å². The average molecular weight is 312 g/mol. The molecule has 5 heteroatoms. The van der Waals surface area contributed by atoms with Gasteiger partial charge in [0.25, 0.3) is 0 Å². The number of pyridine rings is 1. The second-order valence-electron chi connectivity index (χ2n) is 5.80. The molecule has 0 amide bonds. The van der Waals surface area contributed by atoms with Gasteiger partial charge in [-0.05, 0) is 36.9 Å². The van der Waals surface area contributed by atoms with Gasteiger partial charge in [-0.1, -0.05) is 25.4 Å². The van der Waals surface area contributed by atoms with Crippen LogP contribution in [0.25, 0.3) is 0 Å². The summed E-state index contributed by atoms with van der Waals surface area (Å²) in [4.78, 5) is 6.79. The number of ether oxygens (including phenoxy) is 1. The molecule has 1 N–H and O–H groups in total. The zero-order valence-electron chi connectivity index (χ0n) is 13.2. The largest absolute Gasteiger partial charge is 0.379 e. The van der Waals surface area contributed by atoms with Crippen LogP contribution >= 0.6 is 11.6 Å². The number of rotatable bonds is 6. The van der Waals surface area contributed by atoms with Crippen molar-refractivity contribution in [2.75, 3.05) is 31.6 Å². The van der Waals surface area contributed by atoms with Crippen LogP contribution in [-0.2, 0) is 11.3 Å². The van der Waals surface area contributed by atoms with E-state index in [-0.39, 0.29) is 6.10 Å². The molecule has 2 heterocycles. The Morgan fingerprint density at radius 1 is 1.52 bits per heavy atom. The zero-order valence-corrected chi connectivity index (χ0v) is 14.0. The molecule has 2 rings (SSSR count). The van der Waals surface area contributed by atoms with Gasteiger partial charge in [-0.3, -0.25) is 0 Å². The first kappa shape index (κ1) is 16.5. The summed E-state index contributed by atoms with van der Waals surface area (Å²) in [6, 6.07) is 2.10. The number of methoxy groups -OCH3 is 1. The van der Waals surface area contributed by atoms with Gasteiger partial charge in [0.05, 0.1) is 11.1 Å². The van der Waals surface area contributed by atoms with E-state index in [4.69, 9.17) is 16.3 Å². The standard InChI is InChI=1S/C16H26ClN3O/c1-4-6-18-9-13-8-16(19-10-14(13)17)20-7-5-12(2)15(11-20)21-3/h8,10,12,15,18H,4-7,9,11H2,1-3H3. The minimum Gasteiger partial charge on any atom is -0.379 e. The molecule has 1 saturated heterocycles. The first-order chi connectivity index (χ1) is 10.2. The van der Waals surface area contributed by atoms with Gasteiger partial charge < -0.3 is 15.0 Å². The van der Waals surface area contributed by atoms with Gasteiger partial charge >= 0.3 is 0 Å². The van der Waals surface area contributed by atoms with Gasteiger partial charge in [-0.25, -0.2) is 4.98 Å². The quantitative estimate of drug-likeness (QED) is 0.819. The lowest BCUT2D eigenvalue weighted by molar-refractivity contribution is 0.0496. The molecule has 0 bridgehead atoms. The van der Waals surface area contributed by atoms with Gasteiger partial charge in [0.2, 0.25) is 0 Å². The van der Waals surface area contributed by atoms with Gasteiger partial charge in [0.1, 0.15) is 5.82 Å². The Bertz CT molecular complexity index is 455. The molecule has 0 radical (unpaired) electrons. The van der Waals surface area contributed by atoms with E-state index in [9.17, 15) is 0 Å². The van der Waals surface area contributed by atoms with Crippen molar-refractivity contribution >= 4 is 17.4 Å². The van der Waals surface area contributed by atoms with E-state index in [1.807, 2.05) is 0 Å². The number of anilines is 1. The van der Waals surface area contributed by atoms with Crippen LogP contribution < -0.4 is 10.2 Å². The van der Waals surface area contributed by atoms with Gasteiger partial charge in [0.15, 0.2) is 0 Å². The predicted molar refractivity (Wildman–Crippen MR) is 88.0 cm³/mol. The molecule has 1 fully saturated rings. The summed E-state index contributed by atoms with van der Waals surface area (Å²) in [6.07, 6.45) is 4.29. The second kappa shape index (κ2) is 7.97. The van der Waals surface area contributed by atoms with Crippen LogP contribution in [0.5, 0.6) is 0 Å². The number of hydrogen-bond acceptors (Lipinski definition) is 4. The summed E-state index contributed by atoms with van der Waals surface area (Å²) in [5.41, 5.74) is 1.11. The van der Waals surface area contributed by atoms with Gasteiger partial charge in [-0.2, -0.15) is 0 Å². The Labute approximate surface area is 132 Å². The lowest BCUT2D eigenvalue weighted by Crippen LogP contribution is -2.44. The highest BCUT2D eigenvalue weighted by Crippen LogP contribution is 2.26. The van der Waals surface area contributed by atoms with E-state index in [0.29, 0.717) is 5.92 Å². The maximum atomic E-state index is 6.25. The van der Waals surface area contributed by atoms with E-state index >= 15 is 0 Å². The summed E-state index contributed by atoms with van der Waals surface area (Å²) >= 11 is 6.25. The van der Waals surface area contributed by atoms with E-state index in [2.05, 4.69) is 35.1 Å². The van der Waals surface area contributed by atoms with Crippen LogP contribution in [-0.4, -0.2) is 37.8 Å². The molecule has 0 aliphatic carbocycles. The fourth-order valence-corrected chi connectivity index (χ4v) is 2.89. The third kappa shape index (κ3) is 4.31. The maximum Gasteiger partial charge on any atom is 0.128 e. The highest BCUT2D eigenvalue weighted by atomic mass is 35.5. The van der Waals surface area contributed by atoms with E-state index in [0.717, 1.165) is 55.4 Å². The molecule has 1 aromatic rings. The van der Waals surface area contributed by atoms with Crippen LogP contribution in [0, 0.1) is 5.92 Å². The SMILES string of the molecule is CCCNCc1cc(N2CCC(C)C(OC)C2)ncc1Cl. The first-order valence-electron chi connectivity index (χ1n) is 7.78. The lowest BCUT2D eigenvalue weighted by Gasteiger charge is -2.37. The number of nitrogens with one attached hydrogen (secondary N) is 1. The molecule has 4 nitrogen and oxygen atoms in total. The second-order valence-corrected chi connectivity index (χ2v) is 6.20. The summed E-state index contributed by atoms with van der Waals surface area (Å²) < 4.78 is 5.58. The Morgan fingerprint density at radius 3 is 3.05 bits per heavy atom. The summed E-state index contributed by atoms with van der Waals surface area (Å²) in [7, 11) is 1.79. The van der Waals surface area contributed by atoms with Crippen molar-refractivity contribution < 1.29 is 4.74 Å².